The maximum Gasteiger partial charge on any atom is 0.124 e. The van der Waals surface area contributed by atoms with E-state index >= 15 is 0 Å². The molecule has 1 nitrogen and oxygen atoms in total. The molecule has 17 heavy (non-hydrogen) atoms. The molecule has 1 aromatic carbocycles. The Hall–Kier alpha value is -1.37. The fourth-order valence-corrected chi connectivity index (χ4v) is 3.59. The van der Waals surface area contributed by atoms with E-state index in [9.17, 15) is 4.79 Å². The molecule has 0 radical (unpaired) electrons. The summed E-state index contributed by atoms with van der Waals surface area (Å²) in [6.45, 7) is 0. The minimum absolute atomic E-state index is 0.190. The number of carbonyl (C=O) groups is 1. The van der Waals surface area contributed by atoms with E-state index in [1.807, 2.05) is 6.07 Å². The summed E-state index contributed by atoms with van der Waals surface area (Å²) in [5.41, 5.74) is 1.28. The van der Waals surface area contributed by atoms with Gasteiger partial charge in [0.25, 0.3) is 0 Å². The van der Waals surface area contributed by atoms with Gasteiger partial charge in [0.2, 0.25) is 0 Å². The number of rotatable bonds is 2. The predicted octanol–water partition coefficient (Wildman–Crippen LogP) is 3.57. The summed E-state index contributed by atoms with van der Waals surface area (Å²) in [5, 5.41) is 0. The molecule has 1 saturated carbocycles. The van der Waals surface area contributed by atoms with Gasteiger partial charge in [-0.1, -0.05) is 48.9 Å². The molecule has 88 valence electrons. The van der Waals surface area contributed by atoms with E-state index in [2.05, 4.69) is 36.4 Å². The van der Waals surface area contributed by atoms with E-state index in [0.29, 0.717) is 17.8 Å². The molecule has 0 amide bonds. The molecule has 0 N–H and O–H groups in total. The van der Waals surface area contributed by atoms with Crippen molar-refractivity contribution in [1.29, 1.82) is 0 Å². The largest absolute Gasteiger partial charge is 0.303 e. The van der Waals surface area contributed by atoms with Crippen LogP contribution in [-0.2, 0) is 4.79 Å². The van der Waals surface area contributed by atoms with Crippen molar-refractivity contribution in [3.8, 4) is 0 Å². The van der Waals surface area contributed by atoms with Crippen molar-refractivity contribution in [2.75, 3.05) is 0 Å². The van der Waals surface area contributed by atoms with E-state index in [1.165, 1.54) is 31.1 Å². The van der Waals surface area contributed by atoms with E-state index < -0.39 is 0 Å². The second kappa shape index (κ2) is 4.48. The third kappa shape index (κ3) is 1.84. The van der Waals surface area contributed by atoms with Crippen molar-refractivity contribution < 1.29 is 4.79 Å². The first-order valence-electron chi connectivity index (χ1n) is 6.58. The third-order valence-electron chi connectivity index (χ3n) is 4.44. The summed E-state index contributed by atoms with van der Waals surface area (Å²) in [4.78, 5) is 11.5. The Morgan fingerprint density at radius 1 is 1.06 bits per heavy atom. The lowest BCUT2D eigenvalue weighted by Gasteiger charge is -2.33. The van der Waals surface area contributed by atoms with Crippen LogP contribution in [0.1, 0.15) is 30.7 Å². The van der Waals surface area contributed by atoms with Crippen molar-refractivity contribution in [3.05, 3.63) is 48.0 Å². The molecule has 4 atom stereocenters. The molecule has 1 heteroatoms. The summed E-state index contributed by atoms with van der Waals surface area (Å²) < 4.78 is 0. The smallest absolute Gasteiger partial charge is 0.124 e. The molecule has 3 rings (SSSR count). The number of aldehydes is 1. The van der Waals surface area contributed by atoms with Crippen LogP contribution >= 0.6 is 0 Å². The average molecular weight is 226 g/mol. The minimum Gasteiger partial charge on any atom is -0.303 e. The molecular weight excluding hydrogens is 208 g/mol. The Morgan fingerprint density at radius 3 is 2.65 bits per heavy atom. The molecular formula is C16H18O. The second-order valence-corrected chi connectivity index (χ2v) is 5.29. The van der Waals surface area contributed by atoms with Gasteiger partial charge in [-0.15, -0.1) is 0 Å². The van der Waals surface area contributed by atoms with E-state index in [-0.39, 0.29) is 5.92 Å². The van der Waals surface area contributed by atoms with Crippen LogP contribution in [0.4, 0.5) is 0 Å². The minimum atomic E-state index is 0.190. The van der Waals surface area contributed by atoms with Crippen LogP contribution in [-0.4, -0.2) is 6.29 Å². The number of hydrogen-bond acceptors (Lipinski definition) is 1. The zero-order chi connectivity index (χ0) is 11.7. The highest BCUT2D eigenvalue weighted by Crippen LogP contribution is 2.46. The Labute approximate surface area is 103 Å². The molecule has 0 unspecified atom stereocenters. The van der Waals surface area contributed by atoms with Crippen LogP contribution in [0.25, 0.3) is 0 Å². The quantitative estimate of drug-likeness (QED) is 0.556. The van der Waals surface area contributed by atoms with Gasteiger partial charge in [0.1, 0.15) is 6.29 Å². The first-order chi connectivity index (χ1) is 8.40. The third-order valence-corrected chi connectivity index (χ3v) is 4.44. The number of carbonyl (C=O) groups excluding carboxylic acids is 1. The van der Waals surface area contributed by atoms with Gasteiger partial charge >= 0.3 is 0 Å². The van der Waals surface area contributed by atoms with E-state index in [4.69, 9.17) is 0 Å². The van der Waals surface area contributed by atoms with Crippen LogP contribution in [0.5, 0.6) is 0 Å². The lowest BCUT2D eigenvalue weighted by Crippen LogP contribution is -2.28. The Bertz CT molecular complexity index is 420. The first kappa shape index (κ1) is 10.8. The standard InChI is InChI=1S/C16H18O/c17-11-16-14-8-4-7-13(14)9-10-15(16)12-5-2-1-3-6-12/h1-3,5-6,9-11,13-16H,4,7-8H2/t13-,14+,15-,16-/m1/s1. The summed E-state index contributed by atoms with van der Waals surface area (Å²) in [6.07, 6.45) is 9.60. The monoisotopic (exact) mass is 226 g/mol. The Kier molecular flexibility index (Phi) is 2.84. The van der Waals surface area contributed by atoms with Gasteiger partial charge < -0.3 is 4.79 Å². The predicted molar refractivity (Wildman–Crippen MR) is 68.7 cm³/mol. The van der Waals surface area contributed by atoms with Gasteiger partial charge in [-0.05, 0) is 30.2 Å². The molecule has 0 aliphatic heterocycles. The van der Waals surface area contributed by atoms with Crippen molar-refractivity contribution in [2.24, 2.45) is 17.8 Å². The van der Waals surface area contributed by atoms with E-state index in [0.717, 1.165) is 0 Å². The zero-order valence-electron chi connectivity index (χ0n) is 9.96. The normalized spacial score (nSPS) is 35.5. The van der Waals surface area contributed by atoms with Gasteiger partial charge in [0.15, 0.2) is 0 Å². The van der Waals surface area contributed by atoms with Crippen molar-refractivity contribution in [2.45, 2.75) is 25.2 Å². The highest BCUT2D eigenvalue weighted by molar-refractivity contribution is 5.58. The lowest BCUT2D eigenvalue weighted by molar-refractivity contribution is -0.113. The number of benzene rings is 1. The summed E-state index contributed by atoms with van der Waals surface area (Å²) in [5.74, 6) is 1.73. The highest BCUT2D eigenvalue weighted by atomic mass is 16.1. The fraction of sp³-hybridized carbons (Fsp3) is 0.438. The SMILES string of the molecule is O=C[C@@H]1[C@H]2CCC[C@@H]2C=C[C@@H]1c1ccccc1. The molecule has 0 bridgehead atoms. The Balaban J connectivity index is 1.94. The molecule has 1 fully saturated rings. The molecule has 2 aliphatic carbocycles. The molecule has 0 aromatic heterocycles. The van der Waals surface area contributed by atoms with Crippen LogP contribution in [0.15, 0.2) is 42.5 Å². The zero-order valence-corrected chi connectivity index (χ0v) is 9.96. The summed E-state index contributed by atoms with van der Waals surface area (Å²) >= 11 is 0. The Morgan fingerprint density at radius 2 is 1.88 bits per heavy atom. The van der Waals surface area contributed by atoms with Gasteiger partial charge in [-0.2, -0.15) is 0 Å². The fourth-order valence-electron chi connectivity index (χ4n) is 3.59. The molecule has 0 spiro atoms. The number of hydrogen-bond donors (Lipinski definition) is 0. The molecule has 2 aliphatic rings. The van der Waals surface area contributed by atoms with Gasteiger partial charge in [-0.3, -0.25) is 0 Å². The van der Waals surface area contributed by atoms with Crippen LogP contribution in [0.2, 0.25) is 0 Å². The maximum atomic E-state index is 11.5. The van der Waals surface area contributed by atoms with Crippen molar-refractivity contribution >= 4 is 6.29 Å². The van der Waals surface area contributed by atoms with Crippen LogP contribution in [0, 0.1) is 17.8 Å². The second-order valence-electron chi connectivity index (χ2n) is 5.29. The summed E-state index contributed by atoms with van der Waals surface area (Å²) in [7, 11) is 0. The number of fused-ring (bicyclic) bond motifs is 1. The van der Waals surface area contributed by atoms with Gasteiger partial charge in [-0.25, -0.2) is 0 Å². The number of allylic oxidation sites excluding steroid dienone is 2. The average Bonchev–Trinajstić information content (AvgIpc) is 2.86. The van der Waals surface area contributed by atoms with Crippen LogP contribution in [0.3, 0.4) is 0 Å². The van der Waals surface area contributed by atoms with E-state index in [1.54, 1.807) is 0 Å². The van der Waals surface area contributed by atoms with Gasteiger partial charge in [0.05, 0.1) is 0 Å². The van der Waals surface area contributed by atoms with Crippen molar-refractivity contribution in [3.63, 3.8) is 0 Å². The molecule has 1 aromatic rings. The lowest BCUT2D eigenvalue weighted by atomic mass is 9.70. The first-order valence-corrected chi connectivity index (χ1v) is 6.58. The molecule has 0 heterocycles. The molecule has 0 saturated heterocycles. The highest BCUT2D eigenvalue weighted by Gasteiger charge is 2.39. The maximum absolute atomic E-state index is 11.5. The van der Waals surface area contributed by atoms with Gasteiger partial charge in [0, 0.05) is 11.8 Å². The van der Waals surface area contributed by atoms with Crippen LogP contribution < -0.4 is 0 Å². The summed E-state index contributed by atoms with van der Waals surface area (Å²) in [6, 6.07) is 10.4. The van der Waals surface area contributed by atoms with Crippen molar-refractivity contribution in [1.82, 2.24) is 0 Å². The topological polar surface area (TPSA) is 17.1 Å².